The van der Waals surface area contributed by atoms with Crippen molar-refractivity contribution in [2.75, 3.05) is 5.32 Å². The molecule has 1 atom stereocenters. The largest absolute Gasteiger partial charge is 0.464 e. The molecule has 1 aromatic carbocycles. The molecule has 0 aliphatic rings. The average Bonchev–Trinajstić information content (AvgIpc) is 2.78. The van der Waals surface area contributed by atoms with Crippen LogP contribution in [0.4, 0.5) is 11.4 Å². The Hall–Kier alpha value is -2.30. The molecule has 5 heteroatoms. The number of anilines is 1. The van der Waals surface area contributed by atoms with Gasteiger partial charge in [0.15, 0.2) is 0 Å². The Balaban J connectivity index is 2.22. The lowest BCUT2D eigenvalue weighted by Gasteiger charge is -2.14. The normalized spacial score (nSPS) is 12.2. The van der Waals surface area contributed by atoms with Crippen molar-refractivity contribution in [2.45, 2.75) is 26.8 Å². The van der Waals surface area contributed by atoms with E-state index in [0.29, 0.717) is 0 Å². The van der Waals surface area contributed by atoms with Crippen molar-refractivity contribution in [2.24, 2.45) is 0 Å². The number of nitro benzene ring substituents is 1. The molecular formula is C14H16N2O3. The van der Waals surface area contributed by atoms with Gasteiger partial charge in [-0.15, -0.1) is 0 Å². The second-order valence-corrected chi connectivity index (χ2v) is 4.57. The first-order valence-electron chi connectivity index (χ1n) is 6.05. The van der Waals surface area contributed by atoms with Crippen molar-refractivity contribution in [1.82, 2.24) is 0 Å². The monoisotopic (exact) mass is 260 g/mol. The Bertz CT molecular complexity index is 604. The number of aryl methyl sites for hydroxylation is 2. The molecule has 0 fully saturated rings. The maximum Gasteiger partial charge on any atom is 0.271 e. The van der Waals surface area contributed by atoms with Crippen LogP contribution in [0.1, 0.15) is 30.0 Å². The first-order chi connectivity index (χ1) is 8.97. The van der Waals surface area contributed by atoms with E-state index in [1.54, 1.807) is 12.1 Å². The smallest absolute Gasteiger partial charge is 0.271 e. The van der Waals surface area contributed by atoms with E-state index < -0.39 is 4.92 Å². The third kappa shape index (κ3) is 2.93. The molecule has 0 spiro atoms. The fourth-order valence-electron chi connectivity index (χ4n) is 1.87. The van der Waals surface area contributed by atoms with Gasteiger partial charge in [-0.25, -0.2) is 0 Å². The van der Waals surface area contributed by atoms with Gasteiger partial charge in [-0.1, -0.05) is 6.07 Å². The SMILES string of the molecule is Cc1ccc(C(C)Nc2cc([N+](=O)[O-])ccc2C)o1. The number of nitrogens with zero attached hydrogens (tertiary/aromatic N) is 1. The number of nitro groups is 1. The van der Waals surface area contributed by atoms with Crippen LogP contribution >= 0.6 is 0 Å². The number of benzene rings is 1. The molecule has 100 valence electrons. The quantitative estimate of drug-likeness (QED) is 0.667. The van der Waals surface area contributed by atoms with Gasteiger partial charge in [0.05, 0.1) is 11.0 Å². The molecule has 2 rings (SSSR count). The van der Waals surface area contributed by atoms with Crippen LogP contribution < -0.4 is 5.32 Å². The van der Waals surface area contributed by atoms with Crippen LogP contribution in [0.2, 0.25) is 0 Å². The molecule has 0 saturated heterocycles. The number of nitrogens with one attached hydrogen (secondary N) is 1. The van der Waals surface area contributed by atoms with Crippen LogP contribution in [0.15, 0.2) is 34.7 Å². The summed E-state index contributed by atoms with van der Waals surface area (Å²) in [5.41, 5.74) is 1.78. The van der Waals surface area contributed by atoms with Crippen molar-refractivity contribution >= 4 is 11.4 Å². The predicted molar refractivity (Wildman–Crippen MR) is 73.3 cm³/mol. The van der Waals surface area contributed by atoms with Gasteiger partial charge in [-0.05, 0) is 38.5 Å². The van der Waals surface area contributed by atoms with Crippen LogP contribution in [-0.4, -0.2) is 4.92 Å². The zero-order chi connectivity index (χ0) is 14.0. The molecule has 0 bridgehead atoms. The van der Waals surface area contributed by atoms with Gasteiger partial charge in [0, 0.05) is 17.8 Å². The lowest BCUT2D eigenvalue weighted by atomic mass is 10.1. The van der Waals surface area contributed by atoms with Gasteiger partial charge in [-0.3, -0.25) is 10.1 Å². The highest BCUT2D eigenvalue weighted by Gasteiger charge is 2.13. The molecular weight excluding hydrogens is 244 g/mol. The lowest BCUT2D eigenvalue weighted by molar-refractivity contribution is -0.384. The predicted octanol–water partition coefficient (Wildman–Crippen LogP) is 3.98. The molecule has 1 heterocycles. The first-order valence-corrected chi connectivity index (χ1v) is 6.05. The lowest BCUT2D eigenvalue weighted by Crippen LogP contribution is -2.07. The highest BCUT2D eigenvalue weighted by molar-refractivity contribution is 5.57. The van der Waals surface area contributed by atoms with Crippen molar-refractivity contribution in [3.63, 3.8) is 0 Å². The van der Waals surface area contributed by atoms with E-state index >= 15 is 0 Å². The molecule has 0 saturated carbocycles. The van der Waals surface area contributed by atoms with E-state index in [2.05, 4.69) is 5.32 Å². The van der Waals surface area contributed by atoms with E-state index in [-0.39, 0.29) is 11.7 Å². The molecule has 2 aromatic rings. The van der Waals surface area contributed by atoms with E-state index in [4.69, 9.17) is 4.42 Å². The topological polar surface area (TPSA) is 68.3 Å². The van der Waals surface area contributed by atoms with E-state index in [9.17, 15) is 10.1 Å². The highest BCUT2D eigenvalue weighted by atomic mass is 16.6. The maximum atomic E-state index is 10.8. The Labute approximate surface area is 111 Å². The summed E-state index contributed by atoms with van der Waals surface area (Å²) in [6.07, 6.45) is 0. The first kappa shape index (κ1) is 13.1. The van der Waals surface area contributed by atoms with Crippen LogP contribution in [0.5, 0.6) is 0 Å². The zero-order valence-corrected chi connectivity index (χ0v) is 11.1. The minimum atomic E-state index is -0.397. The summed E-state index contributed by atoms with van der Waals surface area (Å²) in [7, 11) is 0. The fraction of sp³-hybridized carbons (Fsp3) is 0.286. The Morgan fingerprint density at radius 2 is 2.00 bits per heavy atom. The third-order valence-electron chi connectivity index (χ3n) is 2.99. The number of hydrogen-bond donors (Lipinski definition) is 1. The Morgan fingerprint density at radius 3 is 2.58 bits per heavy atom. The fourth-order valence-corrected chi connectivity index (χ4v) is 1.87. The molecule has 0 aliphatic heterocycles. The molecule has 19 heavy (non-hydrogen) atoms. The molecule has 1 N–H and O–H groups in total. The molecule has 5 nitrogen and oxygen atoms in total. The number of non-ortho nitro benzene ring substituents is 1. The van der Waals surface area contributed by atoms with Crippen LogP contribution in [0.3, 0.4) is 0 Å². The van der Waals surface area contributed by atoms with E-state index in [1.165, 1.54) is 6.07 Å². The highest BCUT2D eigenvalue weighted by Crippen LogP contribution is 2.26. The van der Waals surface area contributed by atoms with Crippen molar-refractivity contribution in [1.29, 1.82) is 0 Å². The van der Waals surface area contributed by atoms with Gasteiger partial charge in [-0.2, -0.15) is 0 Å². The molecule has 0 amide bonds. The number of rotatable bonds is 4. The second-order valence-electron chi connectivity index (χ2n) is 4.57. The van der Waals surface area contributed by atoms with E-state index in [0.717, 1.165) is 22.8 Å². The molecule has 1 aromatic heterocycles. The van der Waals surface area contributed by atoms with Gasteiger partial charge < -0.3 is 9.73 Å². The summed E-state index contributed by atoms with van der Waals surface area (Å²) < 4.78 is 5.54. The van der Waals surface area contributed by atoms with Gasteiger partial charge in [0.1, 0.15) is 11.5 Å². The number of hydrogen-bond acceptors (Lipinski definition) is 4. The summed E-state index contributed by atoms with van der Waals surface area (Å²) in [5.74, 6) is 1.66. The third-order valence-corrected chi connectivity index (χ3v) is 2.99. The van der Waals surface area contributed by atoms with Crippen LogP contribution in [-0.2, 0) is 0 Å². The second kappa shape index (κ2) is 5.14. The summed E-state index contributed by atoms with van der Waals surface area (Å²) in [4.78, 5) is 10.4. The van der Waals surface area contributed by atoms with Crippen molar-refractivity contribution < 1.29 is 9.34 Å². The van der Waals surface area contributed by atoms with Gasteiger partial charge >= 0.3 is 0 Å². The van der Waals surface area contributed by atoms with Gasteiger partial charge in [0.25, 0.3) is 5.69 Å². The van der Waals surface area contributed by atoms with Gasteiger partial charge in [0.2, 0.25) is 0 Å². The Morgan fingerprint density at radius 1 is 1.26 bits per heavy atom. The summed E-state index contributed by atoms with van der Waals surface area (Å²) >= 11 is 0. The summed E-state index contributed by atoms with van der Waals surface area (Å²) in [5, 5.41) is 14.0. The van der Waals surface area contributed by atoms with Crippen LogP contribution in [0, 0.1) is 24.0 Å². The van der Waals surface area contributed by atoms with Crippen LogP contribution in [0.25, 0.3) is 0 Å². The standard InChI is InChI=1S/C14H16N2O3/c1-9-4-6-12(16(17)18)8-13(9)15-11(3)14-7-5-10(2)19-14/h4-8,11,15H,1-3H3. The number of furan rings is 1. The Kier molecular flexibility index (Phi) is 3.55. The summed E-state index contributed by atoms with van der Waals surface area (Å²) in [6.45, 7) is 5.75. The molecule has 0 radical (unpaired) electrons. The average molecular weight is 260 g/mol. The minimum absolute atomic E-state index is 0.0468. The maximum absolute atomic E-state index is 10.8. The van der Waals surface area contributed by atoms with E-state index in [1.807, 2.05) is 32.9 Å². The molecule has 1 unspecified atom stereocenters. The van der Waals surface area contributed by atoms with Crippen molar-refractivity contribution in [3.8, 4) is 0 Å². The summed E-state index contributed by atoms with van der Waals surface area (Å²) in [6, 6.07) is 8.53. The molecule has 0 aliphatic carbocycles. The minimum Gasteiger partial charge on any atom is -0.464 e. The van der Waals surface area contributed by atoms with Crippen molar-refractivity contribution in [3.05, 3.63) is 57.5 Å². The zero-order valence-electron chi connectivity index (χ0n) is 11.1.